The molecule has 10 heteroatoms. The highest BCUT2D eigenvalue weighted by Gasteiger charge is 2.48. The Morgan fingerprint density at radius 3 is 2.11 bits per heavy atom. The molecule has 0 amide bonds. The lowest BCUT2D eigenvalue weighted by Crippen LogP contribution is -2.36. The van der Waals surface area contributed by atoms with Crippen LogP contribution in [0.15, 0.2) is 12.4 Å². The van der Waals surface area contributed by atoms with Gasteiger partial charge in [-0.05, 0) is 0 Å². The van der Waals surface area contributed by atoms with Gasteiger partial charge in [0.2, 0.25) is 0 Å². The minimum atomic E-state index is -6.23. The van der Waals surface area contributed by atoms with Crippen molar-refractivity contribution >= 4 is 10.1 Å². The summed E-state index contributed by atoms with van der Waals surface area (Å²) < 4.78 is 74.8. The van der Waals surface area contributed by atoms with E-state index in [1.165, 1.54) is 5.82 Å². The van der Waals surface area contributed by atoms with E-state index < -0.39 is 21.8 Å². The Kier molecular flexibility index (Phi) is 5.74. The Labute approximate surface area is 101 Å². The molecule has 0 aliphatic heterocycles. The molecule has 0 aliphatic rings. The third-order valence-electron chi connectivity index (χ3n) is 1.90. The standard InChI is InChI=1S/C6H10N2.C2H2F4O3S/c1-3-6-7-4-5-8(6)2;3-1(4)2(5,6)10(7,8)9/h4-5H,3H2,1-2H3;1H,(H,7,8,9). The number of nitrogens with zero attached hydrogens (tertiary/aromatic N) is 1. The van der Waals surface area contributed by atoms with Crippen molar-refractivity contribution in [2.24, 2.45) is 7.05 Å². The van der Waals surface area contributed by atoms with Crippen molar-refractivity contribution in [3.05, 3.63) is 18.2 Å². The Morgan fingerprint density at radius 1 is 1.50 bits per heavy atom. The first-order valence-corrected chi connectivity index (χ1v) is 6.08. The van der Waals surface area contributed by atoms with Gasteiger partial charge in [-0.15, -0.1) is 0 Å². The number of H-pyrrole nitrogens is 1. The number of halogens is 4. The van der Waals surface area contributed by atoms with E-state index in [4.69, 9.17) is 0 Å². The monoisotopic (exact) mass is 292 g/mol. The first-order chi connectivity index (χ1) is 8.04. The molecule has 1 aromatic rings. The SMILES string of the molecule is CCc1[nH]cc[n+]1C.O=S(=O)([O-])C(F)(F)C(F)F. The number of imidazole rings is 1. The van der Waals surface area contributed by atoms with Crippen molar-refractivity contribution < 1.29 is 35.1 Å². The Bertz CT molecular complexity index is 472. The summed E-state index contributed by atoms with van der Waals surface area (Å²) >= 11 is 0. The summed E-state index contributed by atoms with van der Waals surface area (Å²) in [5.74, 6) is 1.27. The average molecular weight is 292 g/mol. The van der Waals surface area contributed by atoms with Crippen LogP contribution in [0.5, 0.6) is 0 Å². The number of hydrogen-bond acceptors (Lipinski definition) is 3. The summed E-state index contributed by atoms with van der Waals surface area (Å²) in [5, 5.41) is -5.48. The second-order valence-electron chi connectivity index (χ2n) is 3.19. The molecule has 18 heavy (non-hydrogen) atoms. The lowest BCUT2D eigenvalue weighted by Gasteiger charge is -2.17. The van der Waals surface area contributed by atoms with Crippen LogP contribution in [0, 0.1) is 0 Å². The van der Waals surface area contributed by atoms with Gasteiger partial charge in [-0.3, -0.25) is 0 Å². The quantitative estimate of drug-likeness (QED) is 0.508. The van der Waals surface area contributed by atoms with Gasteiger partial charge in [0.25, 0.3) is 5.82 Å². The number of aromatic amines is 1. The number of aryl methyl sites for hydroxylation is 2. The zero-order chi connectivity index (χ0) is 14.6. The van der Waals surface area contributed by atoms with Gasteiger partial charge in [-0.2, -0.15) is 8.78 Å². The lowest BCUT2D eigenvalue weighted by molar-refractivity contribution is -0.677. The molecule has 0 bridgehead atoms. The van der Waals surface area contributed by atoms with Gasteiger partial charge in [0.15, 0.2) is 10.1 Å². The summed E-state index contributed by atoms with van der Waals surface area (Å²) in [6, 6.07) is 0. The zero-order valence-corrected chi connectivity index (χ0v) is 10.3. The Hall–Kier alpha value is -1.16. The molecule has 0 aliphatic carbocycles. The van der Waals surface area contributed by atoms with Crippen molar-refractivity contribution in [3.8, 4) is 0 Å². The highest BCUT2D eigenvalue weighted by molar-refractivity contribution is 7.86. The fraction of sp³-hybridized carbons (Fsp3) is 0.625. The number of alkyl halides is 4. The normalized spacial score (nSPS) is 12.2. The third-order valence-corrected chi connectivity index (χ3v) is 2.74. The summed E-state index contributed by atoms with van der Waals surface area (Å²) in [6.45, 7) is 2.13. The van der Waals surface area contributed by atoms with E-state index in [1.54, 1.807) is 0 Å². The maximum atomic E-state index is 11.4. The van der Waals surface area contributed by atoms with E-state index >= 15 is 0 Å². The van der Waals surface area contributed by atoms with Crippen LogP contribution >= 0.6 is 0 Å². The van der Waals surface area contributed by atoms with Gasteiger partial charge in [-0.1, -0.05) is 6.92 Å². The van der Waals surface area contributed by atoms with E-state index in [1.807, 2.05) is 19.4 Å². The molecule has 1 aromatic heterocycles. The molecular weight excluding hydrogens is 280 g/mol. The van der Waals surface area contributed by atoms with Gasteiger partial charge in [-0.25, -0.2) is 26.7 Å². The zero-order valence-electron chi connectivity index (χ0n) is 9.53. The molecule has 0 saturated heterocycles. The largest absolute Gasteiger partial charge is 0.743 e. The summed E-state index contributed by atoms with van der Waals surface area (Å²) in [4.78, 5) is 3.12. The maximum absolute atomic E-state index is 11.4. The van der Waals surface area contributed by atoms with Gasteiger partial charge in [0.05, 0.1) is 7.05 Å². The fourth-order valence-electron chi connectivity index (χ4n) is 0.898. The van der Waals surface area contributed by atoms with Gasteiger partial charge < -0.3 is 4.55 Å². The van der Waals surface area contributed by atoms with E-state index in [0.29, 0.717) is 0 Å². The molecule has 0 fully saturated rings. The van der Waals surface area contributed by atoms with Crippen LogP contribution in [0.3, 0.4) is 0 Å². The van der Waals surface area contributed by atoms with Gasteiger partial charge in [0, 0.05) is 6.42 Å². The van der Waals surface area contributed by atoms with Crippen molar-refractivity contribution in [2.45, 2.75) is 25.0 Å². The van der Waals surface area contributed by atoms with Crippen LogP contribution in [-0.2, 0) is 23.6 Å². The average Bonchev–Trinajstić information content (AvgIpc) is 2.62. The molecule has 0 atom stereocenters. The summed E-state index contributed by atoms with van der Waals surface area (Å²) in [5.41, 5.74) is 0. The van der Waals surface area contributed by atoms with Crippen LogP contribution in [0.4, 0.5) is 17.6 Å². The molecule has 0 aromatic carbocycles. The Morgan fingerprint density at radius 2 is 2.00 bits per heavy atom. The van der Waals surface area contributed by atoms with Crippen molar-refractivity contribution in [3.63, 3.8) is 0 Å². The van der Waals surface area contributed by atoms with Crippen LogP contribution in [0.2, 0.25) is 0 Å². The molecule has 0 radical (unpaired) electrons. The lowest BCUT2D eigenvalue weighted by atomic mass is 10.5. The van der Waals surface area contributed by atoms with Crippen LogP contribution in [-0.4, -0.2) is 29.6 Å². The first kappa shape index (κ1) is 16.8. The molecule has 5 nitrogen and oxygen atoms in total. The maximum Gasteiger partial charge on any atom is 0.393 e. The van der Waals surface area contributed by atoms with Crippen LogP contribution in [0.1, 0.15) is 12.7 Å². The molecule has 1 rings (SSSR count). The van der Waals surface area contributed by atoms with E-state index in [0.717, 1.165) is 6.42 Å². The van der Waals surface area contributed by atoms with Crippen LogP contribution < -0.4 is 4.57 Å². The summed E-state index contributed by atoms with van der Waals surface area (Å²) in [6.07, 6.45) is 0.552. The second-order valence-corrected chi connectivity index (χ2v) is 4.64. The van der Waals surface area contributed by atoms with Crippen molar-refractivity contribution in [1.82, 2.24) is 4.98 Å². The predicted molar refractivity (Wildman–Crippen MR) is 52.0 cm³/mol. The topological polar surface area (TPSA) is 76.9 Å². The van der Waals surface area contributed by atoms with Gasteiger partial charge >= 0.3 is 11.7 Å². The number of hydrogen-bond donors (Lipinski definition) is 1. The fourth-order valence-corrected chi connectivity index (χ4v) is 1.12. The highest BCUT2D eigenvalue weighted by Crippen LogP contribution is 2.27. The number of nitrogens with one attached hydrogen (secondary N) is 1. The Balaban J connectivity index is 0.000000327. The summed E-state index contributed by atoms with van der Waals surface area (Å²) in [7, 11) is -4.20. The van der Waals surface area contributed by atoms with Gasteiger partial charge in [0.1, 0.15) is 12.4 Å². The first-order valence-electron chi connectivity index (χ1n) is 4.67. The molecule has 1 heterocycles. The number of aromatic nitrogens is 2. The van der Waals surface area contributed by atoms with E-state index in [2.05, 4.69) is 16.5 Å². The van der Waals surface area contributed by atoms with E-state index in [-0.39, 0.29) is 0 Å². The molecule has 0 unspecified atom stereocenters. The molecule has 106 valence electrons. The van der Waals surface area contributed by atoms with Crippen molar-refractivity contribution in [1.29, 1.82) is 0 Å². The third kappa shape index (κ3) is 4.26. The smallest absolute Gasteiger partial charge is 0.393 e. The second kappa shape index (κ2) is 6.14. The predicted octanol–water partition coefficient (Wildman–Crippen LogP) is 0.791. The minimum absolute atomic E-state index is 1.07. The van der Waals surface area contributed by atoms with E-state index in [9.17, 15) is 30.5 Å². The molecule has 0 saturated carbocycles. The van der Waals surface area contributed by atoms with Crippen molar-refractivity contribution in [2.75, 3.05) is 0 Å². The molecule has 1 N–H and O–H groups in total. The van der Waals surface area contributed by atoms with Crippen LogP contribution in [0.25, 0.3) is 0 Å². The molecular formula is C8H12F4N2O3S. The minimum Gasteiger partial charge on any atom is -0.743 e. The highest BCUT2D eigenvalue weighted by atomic mass is 32.2. The number of rotatable bonds is 3. The molecule has 0 spiro atoms.